The average molecular weight is 339 g/mol. The molecule has 1 aliphatic rings. The molecule has 1 aromatic carbocycles. The van der Waals surface area contributed by atoms with Crippen molar-refractivity contribution in [3.8, 4) is 0 Å². The summed E-state index contributed by atoms with van der Waals surface area (Å²) < 4.78 is 5.04. The number of nitrogens with two attached hydrogens (primary N) is 1. The molecule has 5 nitrogen and oxygen atoms in total. The van der Waals surface area contributed by atoms with E-state index in [2.05, 4.69) is 19.2 Å². The maximum Gasteiger partial charge on any atom is 0.340 e. The minimum absolute atomic E-state index is 0.144. The molecular formula is C17H23ClN2O3. The van der Waals surface area contributed by atoms with Crippen molar-refractivity contribution in [2.75, 3.05) is 12.3 Å². The van der Waals surface area contributed by atoms with Crippen LogP contribution in [0.5, 0.6) is 0 Å². The minimum atomic E-state index is -0.626. The monoisotopic (exact) mass is 338 g/mol. The van der Waals surface area contributed by atoms with E-state index in [0.29, 0.717) is 16.9 Å². The largest absolute Gasteiger partial charge is 0.452 e. The molecule has 1 amide bonds. The highest BCUT2D eigenvalue weighted by Gasteiger charge is 2.28. The van der Waals surface area contributed by atoms with E-state index in [1.807, 2.05) is 0 Å². The van der Waals surface area contributed by atoms with E-state index in [4.69, 9.17) is 22.1 Å². The predicted octanol–water partition coefficient (Wildman–Crippen LogP) is 3.02. The van der Waals surface area contributed by atoms with Gasteiger partial charge in [0.05, 0.1) is 5.56 Å². The van der Waals surface area contributed by atoms with Crippen LogP contribution in [0.4, 0.5) is 5.69 Å². The number of carbonyl (C=O) groups is 2. The number of hydrogen-bond donors (Lipinski definition) is 2. The van der Waals surface area contributed by atoms with Crippen molar-refractivity contribution in [2.24, 2.45) is 11.8 Å². The Hall–Kier alpha value is -1.75. The van der Waals surface area contributed by atoms with Crippen molar-refractivity contribution in [3.63, 3.8) is 0 Å². The van der Waals surface area contributed by atoms with Crippen LogP contribution in [-0.4, -0.2) is 24.5 Å². The van der Waals surface area contributed by atoms with Crippen LogP contribution in [0, 0.1) is 11.8 Å². The molecule has 0 bridgehead atoms. The average Bonchev–Trinajstić information content (AvgIpc) is 2.49. The number of hydrogen-bond acceptors (Lipinski definition) is 4. The molecule has 0 spiro atoms. The van der Waals surface area contributed by atoms with Gasteiger partial charge < -0.3 is 15.8 Å². The summed E-state index contributed by atoms with van der Waals surface area (Å²) in [6.07, 6.45) is 3.27. The lowest BCUT2D eigenvalue weighted by atomic mass is 9.78. The standard InChI is InChI=1S/C17H23ClN2O3/c1-10-4-3-5-15(11(10)2)20-16(21)9-23-17(22)13-7-6-12(18)8-14(13)19/h6-8,10-11,15H,3-5,9,19H2,1-2H3,(H,20,21)/t10-,11+,15+/m1/s1. The van der Waals surface area contributed by atoms with Crippen molar-refractivity contribution >= 4 is 29.2 Å². The van der Waals surface area contributed by atoms with Crippen molar-refractivity contribution in [2.45, 2.75) is 39.2 Å². The van der Waals surface area contributed by atoms with E-state index in [9.17, 15) is 9.59 Å². The molecule has 6 heteroatoms. The molecule has 0 heterocycles. The van der Waals surface area contributed by atoms with Gasteiger partial charge in [-0.05, 0) is 36.5 Å². The number of nitrogens with one attached hydrogen (secondary N) is 1. The Morgan fingerprint density at radius 1 is 1.35 bits per heavy atom. The summed E-state index contributed by atoms with van der Waals surface area (Å²) in [5.74, 6) is 0.108. The quantitative estimate of drug-likeness (QED) is 0.653. The van der Waals surface area contributed by atoms with Crippen LogP contribution in [0.3, 0.4) is 0 Å². The predicted molar refractivity (Wildman–Crippen MR) is 90.3 cm³/mol. The van der Waals surface area contributed by atoms with E-state index in [-0.39, 0.29) is 29.8 Å². The second-order valence-electron chi connectivity index (χ2n) is 6.25. The van der Waals surface area contributed by atoms with Gasteiger partial charge in [-0.25, -0.2) is 4.79 Å². The highest BCUT2D eigenvalue weighted by Crippen LogP contribution is 2.29. The molecule has 23 heavy (non-hydrogen) atoms. The first-order chi connectivity index (χ1) is 10.9. The zero-order chi connectivity index (χ0) is 17.0. The lowest BCUT2D eigenvalue weighted by Crippen LogP contribution is -2.45. The molecule has 0 saturated heterocycles. The lowest BCUT2D eigenvalue weighted by molar-refractivity contribution is -0.125. The number of benzene rings is 1. The summed E-state index contributed by atoms with van der Waals surface area (Å²) in [7, 11) is 0. The molecule has 0 radical (unpaired) electrons. The van der Waals surface area contributed by atoms with Gasteiger partial charge in [0.2, 0.25) is 0 Å². The topological polar surface area (TPSA) is 81.4 Å². The maximum absolute atomic E-state index is 12.0. The number of amides is 1. The zero-order valence-electron chi connectivity index (χ0n) is 13.5. The van der Waals surface area contributed by atoms with Gasteiger partial charge in [-0.2, -0.15) is 0 Å². The summed E-state index contributed by atoms with van der Waals surface area (Å²) >= 11 is 5.79. The summed E-state index contributed by atoms with van der Waals surface area (Å²) in [5, 5.41) is 3.40. The highest BCUT2D eigenvalue weighted by molar-refractivity contribution is 6.31. The number of rotatable bonds is 4. The number of esters is 1. The number of carbonyl (C=O) groups excluding carboxylic acids is 2. The van der Waals surface area contributed by atoms with Gasteiger partial charge in [-0.15, -0.1) is 0 Å². The molecule has 1 saturated carbocycles. The van der Waals surface area contributed by atoms with E-state index in [0.717, 1.165) is 12.8 Å². The number of anilines is 1. The Labute approximate surface area is 141 Å². The minimum Gasteiger partial charge on any atom is -0.452 e. The molecule has 1 fully saturated rings. The first-order valence-corrected chi connectivity index (χ1v) is 8.27. The summed E-state index contributed by atoms with van der Waals surface area (Å²) in [4.78, 5) is 24.0. The van der Waals surface area contributed by atoms with Gasteiger partial charge in [0.15, 0.2) is 6.61 Å². The van der Waals surface area contributed by atoms with Crippen LogP contribution in [0.2, 0.25) is 5.02 Å². The van der Waals surface area contributed by atoms with Gasteiger partial charge in [-0.1, -0.05) is 38.3 Å². The fraction of sp³-hybridized carbons (Fsp3) is 0.529. The lowest BCUT2D eigenvalue weighted by Gasteiger charge is -2.34. The molecule has 0 aromatic heterocycles. The van der Waals surface area contributed by atoms with Crippen LogP contribution in [-0.2, 0) is 9.53 Å². The molecular weight excluding hydrogens is 316 g/mol. The SMILES string of the molecule is C[C@H]1[C@H](C)CCC[C@@H]1NC(=O)COC(=O)c1ccc(Cl)cc1N. The second kappa shape index (κ2) is 7.68. The van der Waals surface area contributed by atoms with Crippen molar-refractivity contribution < 1.29 is 14.3 Å². The maximum atomic E-state index is 12.0. The van der Waals surface area contributed by atoms with E-state index in [1.165, 1.54) is 18.6 Å². The molecule has 1 aliphatic carbocycles. The Morgan fingerprint density at radius 3 is 2.78 bits per heavy atom. The van der Waals surface area contributed by atoms with Gasteiger partial charge in [0.1, 0.15) is 0 Å². The molecule has 0 aliphatic heterocycles. The van der Waals surface area contributed by atoms with Gasteiger partial charge in [0.25, 0.3) is 5.91 Å². The number of halogens is 1. The third kappa shape index (κ3) is 4.61. The summed E-state index contributed by atoms with van der Waals surface area (Å²) in [6.45, 7) is 4.04. The highest BCUT2D eigenvalue weighted by atomic mass is 35.5. The smallest absolute Gasteiger partial charge is 0.340 e. The summed E-state index contributed by atoms with van der Waals surface area (Å²) in [5.41, 5.74) is 6.17. The first-order valence-electron chi connectivity index (χ1n) is 7.90. The molecule has 2 rings (SSSR count). The van der Waals surface area contributed by atoms with Crippen LogP contribution >= 0.6 is 11.6 Å². The van der Waals surface area contributed by atoms with Crippen molar-refractivity contribution in [1.82, 2.24) is 5.32 Å². The van der Waals surface area contributed by atoms with Crippen LogP contribution in [0.1, 0.15) is 43.5 Å². The third-order valence-corrected chi connectivity index (χ3v) is 4.86. The molecule has 3 atom stereocenters. The van der Waals surface area contributed by atoms with E-state index >= 15 is 0 Å². The molecule has 0 unspecified atom stereocenters. The van der Waals surface area contributed by atoms with Gasteiger partial charge >= 0.3 is 5.97 Å². The zero-order valence-corrected chi connectivity index (χ0v) is 14.2. The van der Waals surface area contributed by atoms with Crippen LogP contribution < -0.4 is 11.1 Å². The van der Waals surface area contributed by atoms with Crippen LogP contribution in [0.15, 0.2) is 18.2 Å². The third-order valence-electron chi connectivity index (χ3n) is 4.62. The Kier molecular flexibility index (Phi) is 5.88. The van der Waals surface area contributed by atoms with E-state index < -0.39 is 5.97 Å². The Bertz CT molecular complexity index is 591. The normalized spacial score (nSPS) is 24.0. The van der Waals surface area contributed by atoms with Crippen molar-refractivity contribution in [1.29, 1.82) is 0 Å². The molecule has 3 N–H and O–H groups in total. The van der Waals surface area contributed by atoms with E-state index in [1.54, 1.807) is 6.07 Å². The van der Waals surface area contributed by atoms with Gasteiger partial charge in [-0.3, -0.25) is 4.79 Å². The number of ether oxygens (including phenoxy) is 1. The van der Waals surface area contributed by atoms with Gasteiger partial charge in [0, 0.05) is 16.8 Å². The van der Waals surface area contributed by atoms with Crippen molar-refractivity contribution in [3.05, 3.63) is 28.8 Å². The Balaban J connectivity index is 1.85. The Morgan fingerprint density at radius 2 is 2.09 bits per heavy atom. The molecule has 126 valence electrons. The fourth-order valence-electron chi connectivity index (χ4n) is 2.96. The van der Waals surface area contributed by atoms with Crippen LogP contribution in [0.25, 0.3) is 0 Å². The fourth-order valence-corrected chi connectivity index (χ4v) is 3.14. The first kappa shape index (κ1) is 17.6. The second-order valence-corrected chi connectivity index (χ2v) is 6.69. The number of nitrogen functional groups attached to an aromatic ring is 1. The summed E-state index contributed by atoms with van der Waals surface area (Å²) in [6, 6.07) is 4.66. The molecule has 1 aromatic rings.